The van der Waals surface area contributed by atoms with Gasteiger partial charge in [0.05, 0.1) is 31.4 Å². The van der Waals surface area contributed by atoms with Gasteiger partial charge in [-0.25, -0.2) is 0 Å². The van der Waals surface area contributed by atoms with Gasteiger partial charge in [0.1, 0.15) is 0 Å². The SMILES string of the molecule is CC(C)Sc1ccc(CC(=O)N[C@H](Cn2nccn2)C(C)C)cc1. The molecule has 2 aromatic rings. The predicted molar refractivity (Wildman–Crippen MR) is 97.9 cm³/mol. The lowest BCUT2D eigenvalue weighted by atomic mass is 10.0. The molecule has 1 aromatic heterocycles. The Bertz CT molecular complexity index is 623. The van der Waals surface area contributed by atoms with Crippen LogP contribution in [0.1, 0.15) is 33.3 Å². The van der Waals surface area contributed by atoms with Gasteiger partial charge in [0.2, 0.25) is 5.91 Å². The van der Waals surface area contributed by atoms with Gasteiger partial charge < -0.3 is 5.32 Å². The van der Waals surface area contributed by atoms with Crippen molar-refractivity contribution in [2.45, 2.75) is 56.8 Å². The van der Waals surface area contributed by atoms with Crippen LogP contribution in [0.2, 0.25) is 0 Å². The maximum atomic E-state index is 12.4. The molecule has 1 N–H and O–H groups in total. The van der Waals surface area contributed by atoms with E-state index < -0.39 is 0 Å². The third-order valence-corrected chi connectivity index (χ3v) is 4.65. The van der Waals surface area contributed by atoms with Gasteiger partial charge in [-0.05, 0) is 23.6 Å². The summed E-state index contributed by atoms with van der Waals surface area (Å²) in [5, 5.41) is 11.9. The molecule has 0 fully saturated rings. The third kappa shape index (κ3) is 6.00. The van der Waals surface area contributed by atoms with Gasteiger partial charge in [0, 0.05) is 10.1 Å². The fraction of sp³-hybridized carbons (Fsp3) is 0.500. The van der Waals surface area contributed by atoms with Gasteiger partial charge in [-0.2, -0.15) is 15.0 Å². The van der Waals surface area contributed by atoms with E-state index in [0.717, 1.165) is 5.56 Å². The molecule has 0 saturated heterocycles. The fourth-order valence-electron chi connectivity index (χ4n) is 2.34. The first-order chi connectivity index (χ1) is 11.4. The average molecular weight is 347 g/mol. The van der Waals surface area contributed by atoms with Crippen molar-refractivity contribution in [3.63, 3.8) is 0 Å². The molecule has 0 spiro atoms. The first-order valence-electron chi connectivity index (χ1n) is 8.33. The second-order valence-corrected chi connectivity index (χ2v) is 8.14. The minimum Gasteiger partial charge on any atom is -0.351 e. The van der Waals surface area contributed by atoms with Gasteiger partial charge in [0.25, 0.3) is 0 Å². The van der Waals surface area contributed by atoms with Crippen LogP contribution in [0.15, 0.2) is 41.6 Å². The Morgan fingerprint density at radius 3 is 2.29 bits per heavy atom. The van der Waals surface area contributed by atoms with Gasteiger partial charge in [0.15, 0.2) is 0 Å². The van der Waals surface area contributed by atoms with Crippen molar-refractivity contribution in [3.05, 3.63) is 42.2 Å². The lowest BCUT2D eigenvalue weighted by molar-refractivity contribution is -0.121. The van der Waals surface area contributed by atoms with E-state index in [4.69, 9.17) is 0 Å². The van der Waals surface area contributed by atoms with Gasteiger partial charge >= 0.3 is 0 Å². The molecule has 0 bridgehead atoms. The Labute approximate surface area is 148 Å². The number of benzene rings is 1. The Morgan fingerprint density at radius 2 is 1.75 bits per heavy atom. The van der Waals surface area contributed by atoms with Crippen LogP contribution in [-0.4, -0.2) is 32.2 Å². The number of rotatable bonds is 8. The quantitative estimate of drug-likeness (QED) is 0.746. The second kappa shape index (κ2) is 8.87. The summed E-state index contributed by atoms with van der Waals surface area (Å²) in [5.41, 5.74) is 1.03. The standard InChI is InChI=1S/C18H26N4OS/c1-13(2)17(12-22-19-9-10-20-22)21-18(23)11-15-5-7-16(8-6-15)24-14(3)4/h5-10,13-14,17H,11-12H2,1-4H3,(H,21,23)/t17-/m1/s1. The zero-order chi connectivity index (χ0) is 17.5. The van der Waals surface area contributed by atoms with Crippen molar-refractivity contribution in [3.8, 4) is 0 Å². The molecule has 6 heteroatoms. The van der Waals surface area contributed by atoms with Crippen molar-refractivity contribution in [1.29, 1.82) is 0 Å². The molecule has 1 amide bonds. The maximum Gasteiger partial charge on any atom is 0.224 e. The molecule has 2 rings (SSSR count). The van der Waals surface area contributed by atoms with E-state index in [1.807, 2.05) is 23.9 Å². The molecule has 0 saturated carbocycles. The number of amides is 1. The molecule has 0 unspecified atom stereocenters. The highest BCUT2D eigenvalue weighted by Gasteiger charge is 2.17. The van der Waals surface area contributed by atoms with Gasteiger partial charge in [-0.15, -0.1) is 11.8 Å². The number of thioether (sulfide) groups is 1. The van der Waals surface area contributed by atoms with Crippen LogP contribution in [0.25, 0.3) is 0 Å². The smallest absolute Gasteiger partial charge is 0.224 e. The molecule has 5 nitrogen and oxygen atoms in total. The largest absolute Gasteiger partial charge is 0.351 e. The molecular weight excluding hydrogens is 320 g/mol. The summed E-state index contributed by atoms with van der Waals surface area (Å²) in [6, 6.07) is 8.25. The highest BCUT2D eigenvalue weighted by atomic mass is 32.2. The van der Waals surface area contributed by atoms with Gasteiger partial charge in [-0.1, -0.05) is 39.8 Å². The van der Waals surface area contributed by atoms with Crippen molar-refractivity contribution in [1.82, 2.24) is 20.3 Å². The molecule has 0 radical (unpaired) electrons. The number of nitrogens with one attached hydrogen (secondary N) is 1. The van der Waals surface area contributed by atoms with Crippen LogP contribution >= 0.6 is 11.8 Å². The Balaban J connectivity index is 1.90. The molecule has 130 valence electrons. The van der Waals surface area contributed by atoms with Crippen molar-refractivity contribution >= 4 is 17.7 Å². The highest BCUT2D eigenvalue weighted by molar-refractivity contribution is 7.99. The minimum atomic E-state index is 0.0145. The highest BCUT2D eigenvalue weighted by Crippen LogP contribution is 2.23. The van der Waals surface area contributed by atoms with E-state index in [-0.39, 0.29) is 11.9 Å². The molecule has 1 aromatic carbocycles. The van der Waals surface area contributed by atoms with E-state index in [2.05, 4.69) is 55.3 Å². The van der Waals surface area contributed by atoms with Gasteiger partial charge in [-0.3, -0.25) is 4.79 Å². The fourth-order valence-corrected chi connectivity index (χ4v) is 3.18. The molecule has 1 atom stereocenters. The van der Waals surface area contributed by atoms with E-state index >= 15 is 0 Å². The average Bonchev–Trinajstić information content (AvgIpc) is 3.01. The van der Waals surface area contributed by atoms with Crippen LogP contribution in [0.4, 0.5) is 0 Å². The van der Waals surface area contributed by atoms with E-state index in [1.165, 1.54) is 4.90 Å². The van der Waals surface area contributed by atoms with E-state index in [0.29, 0.717) is 24.1 Å². The summed E-state index contributed by atoms with van der Waals surface area (Å²) >= 11 is 1.83. The number of carbonyl (C=O) groups is 1. The predicted octanol–water partition coefficient (Wildman–Crippen LogP) is 3.16. The summed E-state index contributed by atoms with van der Waals surface area (Å²) in [4.78, 5) is 15.2. The Morgan fingerprint density at radius 1 is 1.12 bits per heavy atom. The lowest BCUT2D eigenvalue weighted by Crippen LogP contribution is -2.42. The van der Waals surface area contributed by atoms with Crippen LogP contribution in [0.5, 0.6) is 0 Å². The van der Waals surface area contributed by atoms with Crippen LogP contribution in [-0.2, 0) is 17.8 Å². The molecule has 1 heterocycles. The first kappa shape index (κ1) is 18.5. The van der Waals surface area contributed by atoms with Crippen LogP contribution in [0.3, 0.4) is 0 Å². The summed E-state index contributed by atoms with van der Waals surface area (Å²) in [6.07, 6.45) is 3.69. The summed E-state index contributed by atoms with van der Waals surface area (Å²) < 4.78 is 0. The van der Waals surface area contributed by atoms with Crippen LogP contribution < -0.4 is 5.32 Å². The normalized spacial score (nSPS) is 12.6. The van der Waals surface area contributed by atoms with Crippen LogP contribution in [0, 0.1) is 5.92 Å². The Kier molecular flexibility index (Phi) is 6.85. The van der Waals surface area contributed by atoms with Crippen molar-refractivity contribution in [2.24, 2.45) is 5.92 Å². The zero-order valence-corrected chi connectivity index (χ0v) is 15.6. The molecule has 0 aliphatic heterocycles. The van der Waals surface area contributed by atoms with Crippen molar-refractivity contribution < 1.29 is 4.79 Å². The van der Waals surface area contributed by atoms with E-state index in [1.54, 1.807) is 17.2 Å². The topological polar surface area (TPSA) is 59.8 Å². The first-order valence-corrected chi connectivity index (χ1v) is 9.21. The number of hydrogen-bond acceptors (Lipinski definition) is 4. The zero-order valence-electron chi connectivity index (χ0n) is 14.8. The number of nitrogens with zero attached hydrogens (tertiary/aromatic N) is 3. The minimum absolute atomic E-state index is 0.0145. The number of carbonyl (C=O) groups excluding carboxylic acids is 1. The molecule has 0 aliphatic carbocycles. The Hall–Kier alpha value is -1.82. The second-order valence-electron chi connectivity index (χ2n) is 6.49. The summed E-state index contributed by atoms with van der Waals surface area (Å²) in [6.45, 7) is 9.11. The van der Waals surface area contributed by atoms with E-state index in [9.17, 15) is 4.79 Å². The van der Waals surface area contributed by atoms with Crippen molar-refractivity contribution in [2.75, 3.05) is 0 Å². The lowest BCUT2D eigenvalue weighted by Gasteiger charge is -2.22. The summed E-state index contributed by atoms with van der Waals surface area (Å²) in [7, 11) is 0. The monoisotopic (exact) mass is 346 g/mol. The maximum absolute atomic E-state index is 12.4. The summed E-state index contributed by atoms with van der Waals surface area (Å²) in [5.74, 6) is 0.342. The molecule has 24 heavy (non-hydrogen) atoms. The third-order valence-electron chi connectivity index (χ3n) is 3.64. The molecular formula is C18H26N4OS. The molecule has 0 aliphatic rings. The number of aromatic nitrogens is 3. The number of hydrogen-bond donors (Lipinski definition) is 1.